The Hall–Kier alpha value is -0.100. The molecule has 0 atom stereocenters. The molecule has 14 heavy (non-hydrogen) atoms. The van der Waals surface area contributed by atoms with Gasteiger partial charge in [-0.25, -0.2) is 0 Å². The van der Waals surface area contributed by atoms with Gasteiger partial charge in [0.15, 0.2) is 0 Å². The standard InChI is InChI=1S/C10H17IN2O/c1-10(2,3)14-6-5-9-8(11)7-12-13(9)4/h7H,5-6H2,1-4H3. The van der Waals surface area contributed by atoms with E-state index in [-0.39, 0.29) is 5.60 Å². The average Bonchev–Trinajstić information content (AvgIpc) is 2.33. The number of hydrogen-bond donors (Lipinski definition) is 0. The van der Waals surface area contributed by atoms with Crippen LogP contribution in [-0.4, -0.2) is 22.0 Å². The molecular weight excluding hydrogens is 291 g/mol. The highest BCUT2D eigenvalue weighted by Gasteiger charge is 2.11. The maximum absolute atomic E-state index is 5.67. The molecule has 80 valence electrons. The lowest BCUT2D eigenvalue weighted by Crippen LogP contribution is -2.21. The first-order chi connectivity index (χ1) is 6.40. The Kier molecular flexibility index (Phi) is 3.94. The predicted molar refractivity (Wildman–Crippen MR) is 65.3 cm³/mol. The van der Waals surface area contributed by atoms with Gasteiger partial charge in [0.05, 0.1) is 27.7 Å². The number of nitrogens with zero attached hydrogens (tertiary/aromatic N) is 2. The zero-order chi connectivity index (χ0) is 10.8. The average molecular weight is 308 g/mol. The maximum atomic E-state index is 5.67. The fraction of sp³-hybridized carbons (Fsp3) is 0.700. The third kappa shape index (κ3) is 3.57. The van der Waals surface area contributed by atoms with Crippen LogP contribution in [0.5, 0.6) is 0 Å². The molecule has 3 nitrogen and oxygen atoms in total. The highest BCUT2D eigenvalue weighted by molar-refractivity contribution is 14.1. The summed E-state index contributed by atoms with van der Waals surface area (Å²) in [6.07, 6.45) is 2.80. The van der Waals surface area contributed by atoms with Gasteiger partial charge in [0.1, 0.15) is 0 Å². The second kappa shape index (κ2) is 4.61. The van der Waals surface area contributed by atoms with Crippen molar-refractivity contribution in [3.05, 3.63) is 15.5 Å². The van der Waals surface area contributed by atoms with Crippen LogP contribution in [0, 0.1) is 3.57 Å². The van der Waals surface area contributed by atoms with Crippen LogP contribution in [0.4, 0.5) is 0 Å². The Labute approximate surface area is 99.0 Å². The first-order valence-corrected chi connectivity index (χ1v) is 5.78. The van der Waals surface area contributed by atoms with Crippen molar-refractivity contribution in [3.63, 3.8) is 0 Å². The van der Waals surface area contributed by atoms with Crippen LogP contribution < -0.4 is 0 Å². The van der Waals surface area contributed by atoms with Gasteiger partial charge in [-0.15, -0.1) is 0 Å². The van der Waals surface area contributed by atoms with E-state index in [9.17, 15) is 0 Å². The minimum absolute atomic E-state index is 0.0516. The minimum Gasteiger partial charge on any atom is -0.375 e. The lowest BCUT2D eigenvalue weighted by atomic mass is 10.2. The molecule has 0 N–H and O–H groups in total. The van der Waals surface area contributed by atoms with Crippen LogP contribution in [0.15, 0.2) is 6.20 Å². The van der Waals surface area contributed by atoms with E-state index in [1.165, 1.54) is 9.26 Å². The molecule has 1 heterocycles. The fourth-order valence-electron chi connectivity index (χ4n) is 1.17. The summed E-state index contributed by atoms with van der Waals surface area (Å²) in [4.78, 5) is 0. The van der Waals surface area contributed by atoms with Crippen LogP contribution in [0.2, 0.25) is 0 Å². The normalized spacial score (nSPS) is 12.1. The quantitative estimate of drug-likeness (QED) is 0.802. The number of aromatic nitrogens is 2. The summed E-state index contributed by atoms with van der Waals surface area (Å²) in [6.45, 7) is 6.96. The zero-order valence-corrected chi connectivity index (χ0v) is 11.3. The summed E-state index contributed by atoms with van der Waals surface area (Å²) in [5, 5.41) is 4.18. The Morgan fingerprint density at radius 3 is 2.57 bits per heavy atom. The predicted octanol–water partition coefficient (Wildman–Crippen LogP) is 2.38. The van der Waals surface area contributed by atoms with E-state index in [4.69, 9.17) is 4.74 Å². The van der Waals surface area contributed by atoms with E-state index in [2.05, 4.69) is 48.5 Å². The minimum atomic E-state index is -0.0516. The molecule has 0 fully saturated rings. The number of hydrogen-bond acceptors (Lipinski definition) is 2. The van der Waals surface area contributed by atoms with E-state index < -0.39 is 0 Å². The zero-order valence-electron chi connectivity index (χ0n) is 9.17. The van der Waals surface area contributed by atoms with Gasteiger partial charge in [0.25, 0.3) is 0 Å². The number of halogens is 1. The summed E-state index contributed by atoms with van der Waals surface area (Å²) < 4.78 is 8.79. The number of rotatable bonds is 3. The molecule has 0 aromatic carbocycles. The SMILES string of the molecule is Cn1ncc(I)c1CCOC(C)(C)C. The van der Waals surface area contributed by atoms with Gasteiger partial charge in [-0.2, -0.15) is 5.10 Å². The molecule has 0 saturated carbocycles. The molecule has 0 aliphatic carbocycles. The second-order valence-electron chi connectivity index (χ2n) is 4.27. The summed E-state index contributed by atoms with van der Waals surface area (Å²) in [5.41, 5.74) is 1.19. The van der Waals surface area contributed by atoms with E-state index >= 15 is 0 Å². The Bertz CT molecular complexity index is 282. The van der Waals surface area contributed by atoms with Gasteiger partial charge in [-0.05, 0) is 43.4 Å². The van der Waals surface area contributed by atoms with E-state index in [1.54, 1.807) is 0 Å². The molecule has 1 aromatic heterocycles. The summed E-state index contributed by atoms with van der Waals surface area (Å²) in [7, 11) is 1.97. The summed E-state index contributed by atoms with van der Waals surface area (Å²) in [6, 6.07) is 0. The van der Waals surface area contributed by atoms with E-state index in [0.29, 0.717) is 0 Å². The molecule has 0 amide bonds. The van der Waals surface area contributed by atoms with Crippen molar-refractivity contribution in [2.24, 2.45) is 7.05 Å². The van der Waals surface area contributed by atoms with Crippen LogP contribution >= 0.6 is 22.6 Å². The van der Waals surface area contributed by atoms with Gasteiger partial charge in [-0.1, -0.05) is 0 Å². The van der Waals surface area contributed by atoms with E-state index in [1.807, 2.05) is 17.9 Å². The van der Waals surface area contributed by atoms with Gasteiger partial charge in [0.2, 0.25) is 0 Å². The third-order valence-corrected chi connectivity index (χ3v) is 2.79. The number of aryl methyl sites for hydroxylation is 1. The van der Waals surface area contributed by atoms with Crippen LogP contribution in [0.25, 0.3) is 0 Å². The molecule has 1 aromatic rings. The van der Waals surface area contributed by atoms with Crippen molar-refractivity contribution >= 4 is 22.6 Å². The summed E-state index contributed by atoms with van der Waals surface area (Å²) >= 11 is 2.30. The van der Waals surface area contributed by atoms with Crippen LogP contribution in [0.1, 0.15) is 26.5 Å². The third-order valence-electron chi connectivity index (χ3n) is 1.88. The van der Waals surface area contributed by atoms with Gasteiger partial charge < -0.3 is 4.74 Å². The van der Waals surface area contributed by atoms with Crippen molar-refractivity contribution in [2.75, 3.05) is 6.61 Å². The van der Waals surface area contributed by atoms with Gasteiger partial charge in [-0.3, -0.25) is 4.68 Å². The maximum Gasteiger partial charge on any atom is 0.0626 e. The molecule has 0 radical (unpaired) electrons. The largest absolute Gasteiger partial charge is 0.375 e. The van der Waals surface area contributed by atoms with Gasteiger partial charge in [0, 0.05) is 13.5 Å². The van der Waals surface area contributed by atoms with Crippen molar-refractivity contribution in [1.82, 2.24) is 9.78 Å². The topological polar surface area (TPSA) is 27.1 Å². The molecule has 0 saturated heterocycles. The van der Waals surface area contributed by atoms with Gasteiger partial charge >= 0.3 is 0 Å². The molecular formula is C10H17IN2O. The Balaban J connectivity index is 2.46. The molecule has 0 spiro atoms. The Morgan fingerprint density at radius 2 is 2.14 bits per heavy atom. The van der Waals surface area contributed by atoms with Crippen LogP contribution in [-0.2, 0) is 18.2 Å². The molecule has 1 rings (SSSR count). The summed E-state index contributed by atoms with van der Waals surface area (Å²) in [5.74, 6) is 0. The Morgan fingerprint density at radius 1 is 1.50 bits per heavy atom. The van der Waals surface area contributed by atoms with Crippen molar-refractivity contribution in [3.8, 4) is 0 Å². The van der Waals surface area contributed by atoms with Crippen molar-refractivity contribution < 1.29 is 4.74 Å². The fourth-order valence-corrected chi connectivity index (χ4v) is 1.91. The molecule has 0 bridgehead atoms. The lowest BCUT2D eigenvalue weighted by Gasteiger charge is -2.19. The molecule has 4 heteroatoms. The molecule has 0 unspecified atom stereocenters. The monoisotopic (exact) mass is 308 g/mol. The first kappa shape index (κ1) is 12.0. The molecule has 0 aliphatic rings. The highest BCUT2D eigenvalue weighted by Crippen LogP contribution is 2.13. The highest BCUT2D eigenvalue weighted by atomic mass is 127. The smallest absolute Gasteiger partial charge is 0.0626 e. The molecule has 0 aliphatic heterocycles. The van der Waals surface area contributed by atoms with E-state index in [0.717, 1.165) is 13.0 Å². The second-order valence-corrected chi connectivity index (χ2v) is 5.44. The van der Waals surface area contributed by atoms with Crippen molar-refractivity contribution in [1.29, 1.82) is 0 Å². The van der Waals surface area contributed by atoms with Crippen LogP contribution in [0.3, 0.4) is 0 Å². The first-order valence-electron chi connectivity index (χ1n) is 4.70. The number of ether oxygens (including phenoxy) is 1. The van der Waals surface area contributed by atoms with Crippen molar-refractivity contribution in [2.45, 2.75) is 32.8 Å². The lowest BCUT2D eigenvalue weighted by molar-refractivity contribution is -0.00159.